The Morgan fingerprint density at radius 1 is 1.21 bits per heavy atom. The number of fused-ring (bicyclic) bond motifs is 1. The van der Waals surface area contributed by atoms with E-state index in [9.17, 15) is 9.18 Å². The SMILES string of the molecule is CC(Cc1cncc2ccccc12)C(=O)Oc1c(F)cccc1Cl. The Morgan fingerprint density at radius 3 is 2.79 bits per heavy atom. The van der Waals surface area contributed by atoms with Crippen LogP contribution in [-0.4, -0.2) is 11.0 Å². The zero-order valence-electron chi connectivity index (χ0n) is 13.0. The van der Waals surface area contributed by atoms with E-state index in [0.717, 1.165) is 16.3 Å². The van der Waals surface area contributed by atoms with E-state index in [1.807, 2.05) is 24.3 Å². The van der Waals surface area contributed by atoms with Gasteiger partial charge in [0.2, 0.25) is 0 Å². The maximum atomic E-state index is 13.7. The zero-order valence-corrected chi connectivity index (χ0v) is 13.8. The minimum Gasteiger partial charge on any atom is -0.422 e. The summed E-state index contributed by atoms with van der Waals surface area (Å²) < 4.78 is 18.9. The van der Waals surface area contributed by atoms with Gasteiger partial charge in [0.05, 0.1) is 10.9 Å². The number of rotatable bonds is 4. The highest BCUT2D eigenvalue weighted by Gasteiger charge is 2.20. The van der Waals surface area contributed by atoms with E-state index < -0.39 is 17.7 Å². The van der Waals surface area contributed by atoms with E-state index in [1.165, 1.54) is 18.2 Å². The summed E-state index contributed by atoms with van der Waals surface area (Å²) in [6.07, 6.45) is 3.96. The fourth-order valence-corrected chi connectivity index (χ4v) is 2.74. The molecule has 0 saturated carbocycles. The van der Waals surface area contributed by atoms with Gasteiger partial charge in [0.25, 0.3) is 0 Å². The second kappa shape index (κ2) is 6.97. The predicted octanol–water partition coefficient (Wildman–Crippen LogP) is 4.81. The Balaban J connectivity index is 1.79. The highest BCUT2D eigenvalue weighted by Crippen LogP contribution is 2.28. The maximum absolute atomic E-state index is 13.7. The van der Waals surface area contributed by atoms with Gasteiger partial charge in [-0.3, -0.25) is 9.78 Å². The topological polar surface area (TPSA) is 39.2 Å². The van der Waals surface area contributed by atoms with E-state index in [-0.39, 0.29) is 10.8 Å². The van der Waals surface area contributed by atoms with E-state index in [1.54, 1.807) is 19.3 Å². The van der Waals surface area contributed by atoms with Crippen LogP contribution in [0, 0.1) is 11.7 Å². The summed E-state index contributed by atoms with van der Waals surface area (Å²) in [6.45, 7) is 1.73. The lowest BCUT2D eigenvalue weighted by Crippen LogP contribution is -2.20. The number of carbonyl (C=O) groups excluding carboxylic acids is 1. The number of para-hydroxylation sites is 1. The third kappa shape index (κ3) is 3.39. The van der Waals surface area contributed by atoms with Crippen LogP contribution in [0.1, 0.15) is 12.5 Å². The van der Waals surface area contributed by atoms with Crippen molar-refractivity contribution in [3.8, 4) is 5.75 Å². The molecule has 0 amide bonds. The molecule has 3 nitrogen and oxygen atoms in total. The second-order valence-electron chi connectivity index (χ2n) is 5.60. The lowest BCUT2D eigenvalue weighted by molar-refractivity contribution is -0.138. The Hall–Kier alpha value is -2.46. The molecule has 0 N–H and O–H groups in total. The average Bonchev–Trinajstić information content (AvgIpc) is 2.58. The molecule has 0 radical (unpaired) electrons. The number of halogens is 2. The van der Waals surface area contributed by atoms with Crippen molar-refractivity contribution in [1.29, 1.82) is 0 Å². The first-order valence-electron chi connectivity index (χ1n) is 7.53. The van der Waals surface area contributed by atoms with Crippen molar-refractivity contribution in [2.45, 2.75) is 13.3 Å². The molecule has 1 unspecified atom stereocenters. The second-order valence-corrected chi connectivity index (χ2v) is 6.00. The number of benzene rings is 2. The lowest BCUT2D eigenvalue weighted by Gasteiger charge is -2.13. The Morgan fingerprint density at radius 2 is 2.00 bits per heavy atom. The number of pyridine rings is 1. The highest BCUT2D eigenvalue weighted by molar-refractivity contribution is 6.32. The molecular formula is C19H15ClFNO2. The van der Waals surface area contributed by atoms with Gasteiger partial charge in [-0.25, -0.2) is 4.39 Å². The first-order chi connectivity index (χ1) is 11.6. The molecule has 3 aromatic rings. The molecule has 0 aliphatic carbocycles. The molecule has 24 heavy (non-hydrogen) atoms. The monoisotopic (exact) mass is 343 g/mol. The van der Waals surface area contributed by atoms with Gasteiger partial charge in [-0.1, -0.05) is 48.9 Å². The zero-order chi connectivity index (χ0) is 17.1. The van der Waals surface area contributed by atoms with Crippen LogP contribution in [0.25, 0.3) is 10.8 Å². The minimum absolute atomic E-state index is 0.0716. The minimum atomic E-state index is -0.658. The molecular weight excluding hydrogens is 329 g/mol. The maximum Gasteiger partial charge on any atom is 0.314 e. The fourth-order valence-electron chi connectivity index (χ4n) is 2.54. The van der Waals surface area contributed by atoms with Gasteiger partial charge in [-0.15, -0.1) is 0 Å². The first kappa shape index (κ1) is 16.4. The normalized spacial score (nSPS) is 12.1. The molecule has 122 valence electrons. The Bertz CT molecular complexity index is 872. The van der Waals surface area contributed by atoms with Crippen molar-refractivity contribution in [1.82, 2.24) is 4.98 Å². The third-order valence-corrected chi connectivity index (χ3v) is 4.10. The van der Waals surface area contributed by atoms with Crippen molar-refractivity contribution in [2.24, 2.45) is 5.92 Å². The molecule has 3 rings (SSSR count). The molecule has 1 aromatic heterocycles. The molecule has 0 aliphatic rings. The van der Waals surface area contributed by atoms with Gasteiger partial charge in [0.1, 0.15) is 0 Å². The van der Waals surface area contributed by atoms with Gasteiger partial charge in [-0.05, 0) is 29.5 Å². The third-order valence-electron chi connectivity index (χ3n) is 3.80. The van der Waals surface area contributed by atoms with Gasteiger partial charge in [0, 0.05) is 17.8 Å². The summed E-state index contributed by atoms with van der Waals surface area (Å²) in [5.41, 5.74) is 0.942. The smallest absolute Gasteiger partial charge is 0.314 e. The van der Waals surface area contributed by atoms with Crippen LogP contribution in [0.4, 0.5) is 4.39 Å². The molecule has 1 atom stereocenters. The number of hydrogen-bond donors (Lipinski definition) is 0. The fraction of sp³-hybridized carbons (Fsp3) is 0.158. The molecule has 2 aromatic carbocycles. The van der Waals surface area contributed by atoms with E-state index in [0.29, 0.717) is 6.42 Å². The number of esters is 1. The van der Waals surface area contributed by atoms with Crippen LogP contribution in [0.15, 0.2) is 54.9 Å². The number of carbonyl (C=O) groups is 1. The average molecular weight is 344 g/mol. The number of aromatic nitrogens is 1. The molecule has 0 aliphatic heterocycles. The van der Waals surface area contributed by atoms with Crippen LogP contribution in [-0.2, 0) is 11.2 Å². The standard InChI is InChI=1S/C19H15ClFNO2/c1-12(19(23)24-18-16(20)7-4-8-17(18)21)9-14-11-22-10-13-5-2-3-6-15(13)14/h2-8,10-12H,9H2,1H3. The van der Waals surface area contributed by atoms with Gasteiger partial charge in [0.15, 0.2) is 11.6 Å². The molecule has 0 spiro atoms. The Kier molecular flexibility index (Phi) is 4.76. The number of ether oxygens (including phenoxy) is 1. The van der Waals surface area contributed by atoms with Crippen molar-refractivity contribution < 1.29 is 13.9 Å². The molecule has 0 saturated heterocycles. The molecule has 5 heteroatoms. The predicted molar refractivity (Wildman–Crippen MR) is 91.7 cm³/mol. The van der Waals surface area contributed by atoms with E-state index >= 15 is 0 Å². The summed E-state index contributed by atoms with van der Waals surface area (Å²) in [5, 5.41) is 2.12. The number of hydrogen-bond acceptors (Lipinski definition) is 3. The van der Waals surface area contributed by atoms with Gasteiger partial charge >= 0.3 is 5.97 Å². The van der Waals surface area contributed by atoms with Crippen molar-refractivity contribution in [3.63, 3.8) is 0 Å². The van der Waals surface area contributed by atoms with E-state index in [2.05, 4.69) is 4.98 Å². The molecule has 1 heterocycles. The van der Waals surface area contributed by atoms with Crippen LogP contribution in [0.5, 0.6) is 5.75 Å². The summed E-state index contributed by atoms with van der Waals surface area (Å²) >= 11 is 5.89. The van der Waals surface area contributed by atoms with Crippen molar-refractivity contribution in [2.75, 3.05) is 0 Å². The van der Waals surface area contributed by atoms with Gasteiger partial charge < -0.3 is 4.74 Å². The van der Waals surface area contributed by atoms with Crippen LogP contribution in [0.3, 0.4) is 0 Å². The van der Waals surface area contributed by atoms with Gasteiger partial charge in [-0.2, -0.15) is 0 Å². The van der Waals surface area contributed by atoms with Crippen LogP contribution < -0.4 is 4.74 Å². The van der Waals surface area contributed by atoms with E-state index in [4.69, 9.17) is 16.3 Å². The van der Waals surface area contributed by atoms with Crippen LogP contribution in [0.2, 0.25) is 5.02 Å². The lowest BCUT2D eigenvalue weighted by atomic mass is 9.98. The highest BCUT2D eigenvalue weighted by atomic mass is 35.5. The van der Waals surface area contributed by atoms with Crippen molar-refractivity contribution in [3.05, 3.63) is 71.3 Å². The molecule has 0 bridgehead atoms. The first-order valence-corrected chi connectivity index (χ1v) is 7.91. The van der Waals surface area contributed by atoms with Crippen LogP contribution >= 0.6 is 11.6 Å². The molecule has 0 fully saturated rings. The summed E-state index contributed by atoms with van der Waals surface area (Å²) in [4.78, 5) is 16.5. The Labute approximate surface area is 144 Å². The largest absolute Gasteiger partial charge is 0.422 e. The summed E-state index contributed by atoms with van der Waals surface area (Å²) in [5.74, 6) is -1.88. The number of nitrogens with zero attached hydrogens (tertiary/aromatic N) is 1. The summed E-state index contributed by atoms with van der Waals surface area (Å²) in [6, 6.07) is 12.0. The summed E-state index contributed by atoms with van der Waals surface area (Å²) in [7, 11) is 0. The quantitative estimate of drug-likeness (QED) is 0.504. The van der Waals surface area contributed by atoms with Crippen molar-refractivity contribution >= 4 is 28.3 Å².